The van der Waals surface area contributed by atoms with E-state index in [2.05, 4.69) is 52.0 Å². The Morgan fingerprint density at radius 1 is 1.13 bits per heavy atom. The van der Waals surface area contributed by atoms with Crippen molar-refractivity contribution < 1.29 is 4.79 Å². The summed E-state index contributed by atoms with van der Waals surface area (Å²) in [6.07, 6.45) is 7.48. The summed E-state index contributed by atoms with van der Waals surface area (Å²) in [6, 6.07) is 6.42. The molecule has 0 amide bonds. The van der Waals surface area contributed by atoms with Crippen LogP contribution >= 0.6 is 0 Å². The van der Waals surface area contributed by atoms with E-state index in [0.29, 0.717) is 24.5 Å². The molecule has 0 atom stereocenters. The molecule has 3 N–H and O–H groups in total. The summed E-state index contributed by atoms with van der Waals surface area (Å²) in [6.45, 7) is 7.68. The van der Waals surface area contributed by atoms with Crippen LogP contribution in [0.15, 0.2) is 18.2 Å². The van der Waals surface area contributed by atoms with Gasteiger partial charge in [-0.05, 0) is 69.2 Å². The van der Waals surface area contributed by atoms with Gasteiger partial charge < -0.3 is 11.1 Å². The van der Waals surface area contributed by atoms with Crippen molar-refractivity contribution in [1.29, 1.82) is 0 Å². The van der Waals surface area contributed by atoms with Crippen LogP contribution in [0.1, 0.15) is 70.2 Å². The summed E-state index contributed by atoms with van der Waals surface area (Å²) < 4.78 is 2.09. The molecule has 0 aliphatic carbocycles. The highest BCUT2D eigenvalue weighted by Crippen LogP contribution is 2.23. The highest BCUT2D eigenvalue weighted by molar-refractivity contribution is 5.83. The van der Waals surface area contributed by atoms with E-state index in [-0.39, 0.29) is 0 Å². The third-order valence-corrected chi connectivity index (χ3v) is 5.53. The molecule has 0 unspecified atom stereocenters. The van der Waals surface area contributed by atoms with Gasteiger partial charge in [0.2, 0.25) is 5.65 Å². The van der Waals surface area contributed by atoms with Crippen molar-refractivity contribution in [2.24, 2.45) is 11.7 Å². The van der Waals surface area contributed by atoms with Crippen LogP contribution in [0.5, 0.6) is 0 Å². The first-order valence-electron chi connectivity index (χ1n) is 11.6. The molecule has 0 spiro atoms. The largest absolute Gasteiger partial charge is 0.367 e. The van der Waals surface area contributed by atoms with Gasteiger partial charge in [0, 0.05) is 19.4 Å². The molecular formula is C24H36N6O. The fourth-order valence-electron chi connectivity index (χ4n) is 3.95. The van der Waals surface area contributed by atoms with Crippen LogP contribution in [0, 0.1) is 12.8 Å². The Morgan fingerprint density at radius 3 is 2.74 bits per heavy atom. The molecule has 31 heavy (non-hydrogen) atoms. The minimum atomic E-state index is 0.377. The Morgan fingerprint density at radius 2 is 1.97 bits per heavy atom. The molecule has 0 aliphatic heterocycles. The number of unbranched alkanes of at least 4 members (excludes halogenated alkanes) is 3. The lowest BCUT2D eigenvalue weighted by Crippen LogP contribution is -2.08. The molecular weight excluding hydrogens is 388 g/mol. The van der Waals surface area contributed by atoms with E-state index in [1.54, 1.807) is 0 Å². The number of anilines is 1. The Hall–Kier alpha value is -2.54. The average molecular weight is 425 g/mol. The van der Waals surface area contributed by atoms with Crippen molar-refractivity contribution in [2.75, 3.05) is 18.4 Å². The molecule has 0 bridgehead atoms. The van der Waals surface area contributed by atoms with Crippen molar-refractivity contribution in [3.63, 3.8) is 0 Å². The van der Waals surface area contributed by atoms with E-state index in [4.69, 9.17) is 10.7 Å². The number of aromatic nitrogens is 4. The molecule has 7 heteroatoms. The highest BCUT2D eigenvalue weighted by atomic mass is 16.1. The molecule has 0 radical (unpaired) electrons. The van der Waals surface area contributed by atoms with Crippen molar-refractivity contribution in [1.82, 2.24) is 19.6 Å². The fourth-order valence-corrected chi connectivity index (χ4v) is 3.95. The Labute approximate surface area is 184 Å². The van der Waals surface area contributed by atoms with Gasteiger partial charge in [-0.25, -0.2) is 4.98 Å². The summed E-state index contributed by atoms with van der Waals surface area (Å²) in [5.41, 5.74) is 9.64. The Kier molecular flexibility index (Phi) is 8.35. The van der Waals surface area contributed by atoms with Gasteiger partial charge in [-0.1, -0.05) is 26.3 Å². The molecule has 168 valence electrons. The van der Waals surface area contributed by atoms with Gasteiger partial charge in [0.1, 0.15) is 11.6 Å². The molecule has 1 aromatic carbocycles. The molecule has 3 aromatic rings. The molecule has 0 saturated heterocycles. The molecule has 0 fully saturated rings. The number of fused-ring (bicyclic) bond motifs is 3. The van der Waals surface area contributed by atoms with E-state index in [1.807, 2.05) is 6.92 Å². The summed E-state index contributed by atoms with van der Waals surface area (Å²) in [7, 11) is 0. The summed E-state index contributed by atoms with van der Waals surface area (Å²) in [5, 5.41) is 12.1. The van der Waals surface area contributed by atoms with Crippen LogP contribution in [-0.2, 0) is 11.2 Å². The molecule has 7 nitrogen and oxygen atoms in total. The first-order valence-corrected chi connectivity index (χ1v) is 11.6. The fraction of sp³-hybridized carbons (Fsp3) is 0.583. The second-order valence-corrected chi connectivity index (χ2v) is 8.81. The topological polar surface area (TPSA) is 98.2 Å². The number of carbonyl (C=O) groups is 1. The maximum atomic E-state index is 11.8. The number of nitrogens with zero attached hydrogens (tertiary/aromatic N) is 4. The summed E-state index contributed by atoms with van der Waals surface area (Å²) in [4.78, 5) is 16.7. The van der Waals surface area contributed by atoms with Crippen molar-refractivity contribution in [3.05, 3.63) is 29.6 Å². The zero-order valence-electron chi connectivity index (χ0n) is 19.2. The van der Waals surface area contributed by atoms with Gasteiger partial charge in [0.25, 0.3) is 0 Å². The van der Waals surface area contributed by atoms with Crippen LogP contribution < -0.4 is 11.1 Å². The van der Waals surface area contributed by atoms with Gasteiger partial charge in [0.15, 0.2) is 5.82 Å². The highest BCUT2D eigenvalue weighted by Gasteiger charge is 2.13. The maximum Gasteiger partial charge on any atom is 0.204 e. The van der Waals surface area contributed by atoms with Gasteiger partial charge >= 0.3 is 0 Å². The van der Waals surface area contributed by atoms with Gasteiger partial charge in [0.05, 0.1) is 11.0 Å². The standard InChI is InChI=1S/C24H36N6O/c1-17(2)15-20(31)10-5-4-8-14-26-23-24-29-28-18(3)30(24)22-16-19(9-6-7-13-25)11-12-21(22)27-23/h11-12,16-17H,4-10,13-15,25H2,1-3H3,(H,26,27). The number of ketones is 1. The third-order valence-electron chi connectivity index (χ3n) is 5.53. The van der Waals surface area contributed by atoms with Crippen LogP contribution in [0.25, 0.3) is 16.7 Å². The maximum absolute atomic E-state index is 11.8. The van der Waals surface area contributed by atoms with Crippen LogP contribution in [0.4, 0.5) is 5.82 Å². The first-order chi connectivity index (χ1) is 15.0. The minimum absolute atomic E-state index is 0.377. The molecule has 2 heterocycles. The van der Waals surface area contributed by atoms with Crippen molar-refractivity contribution >= 4 is 28.3 Å². The first kappa shape index (κ1) is 23.1. The lowest BCUT2D eigenvalue weighted by atomic mass is 10.0. The minimum Gasteiger partial charge on any atom is -0.367 e. The van der Waals surface area contributed by atoms with Gasteiger partial charge in [-0.2, -0.15) is 0 Å². The number of aryl methyl sites for hydroxylation is 2. The van der Waals surface area contributed by atoms with Gasteiger partial charge in [-0.3, -0.25) is 9.20 Å². The quantitative estimate of drug-likeness (QED) is 0.393. The Balaban J connectivity index is 1.64. The van der Waals surface area contributed by atoms with Crippen LogP contribution in [-0.4, -0.2) is 38.5 Å². The molecule has 2 aromatic heterocycles. The molecule has 3 rings (SSSR count). The van der Waals surface area contributed by atoms with E-state index in [1.165, 1.54) is 5.56 Å². The molecule has 0 aliphatic rings. The van der Waals surface area contributed by atoms with Crippen LogP contribution in [0.2, 0.25) is 0 Å². The van der Waals surface area contributed by atoms with Crippen LogP contribution in [0.3, 0.4) is 0 Å². The summed E-state index contributed by atoms with van der Waals surface area (Å²) >= 11 is 0. The number of nitrogens with one attached hydrogen (secondary N) is 1. The zero-order valence-corrected chi connectivity index (χ0v) is 19.2. The SMILES string of the molecule is Cc1nnc2c(NCCCCCC(=O)CC(C)C)nc3ccc(CCCCN)cc3n12. The van der Waals surface area contributed by atoms with E-state index in [0.717, 1.165) is 79.9 Å². The lowest BCUT2D eigenvalue weighted by Gasteiger charge is -2.11. The average Bonchev–Trinajstić information content (AvgIpc) is 3.12. The smallest absolute Gasteiger partial charge is 0.204 e. The second kappa shape index (κ2) is 11.2. The van der Waals surface area contributed by atoms with E-state index in [9.17, 15) is 4.79 Å². The number of Topliss-reactive ketones (excluding diaryl/α,β-unsaturated/α-hetero) is 1. The zero-order chi connectivity index (χ0) is 22.2. The number of nitrogens with two attached hydrogens (primary N) is 1. The van der Waals surface area contributed by atoms with Crippen molar-refractivity contribution in [2.45, 2.75) is 72.1 Å². The lowest BCUT2D eigenvalue weighted by molar-refractivity contribution is -0.119. The monoisotopic (exact) mass is 424 g/mol. The third kappa shape index (κ3) is 6.23. The number of hydrogen-bond acceptors (Lipinski definition) is 6. The van der Waals surface area contributed by atoms with Crippen molar-refractivity contribution in [3.8, 4) is 0 Å². The second-order valence-electron chi connectivity index (χ2n) is 8.81. The number of benzene rings is 1. The van der Waals surface area contributed by atoms with E-state index >= 15 is 0 Å². The Bertz CT molecular complexity index is 1010. The van der Waals surface area contributed by atoms with Gasteiger partial charge in [-0.15, -0.1) is 10.2 Å². The number of rotatable bonds is 13. The predicted molar refractivity (Wildman–Crippen MR) is 126 cm³/mol. The number of carbonyl (C=O) groups excluding carboxylic acids is 1. The molecule has 0 saturated carbocycles. The summed E-state index contributed by atoms with van der Waals surface area (Å²) in [5.74, 6) is 2.44. The van der Waals surface area contributed by atoms with E-state index < -0.39 is 0 Å². The number of hydrogen-bond donors (Lipinski definition) is 2. The predicted octanol–water partition coefficient (Wildman–Crippen LogP) is 4.45. The normalized spacial score (nSPS) is 11.6.